The van der Waals surface area contributed by atoms with E-state index in [0.29, 0.717) is 11.7 Å². The molecule has 0 atom stereocenters. The summed E-state index contributed by atoms with van der Waals surface area (Å²) in [5.74, 6) is 0.915. The molecule has 0 bridgehead atoms. The van der Waals surface area contributed by atoms with E-state index in [1.807, 2.05) is 29.1 Å². The second kappa shape index (κ2) is 4.35. The van der Waals surface area contributed by atoms with Gasteiger partial charge in [0.1, 0.15) is 5.15 Å². The van der Waals surface area contributed by atoms with Gasteiger partial charge < -0.3 is 10.3 Å². The van der Waals surface area contributed by atoms with Crippen LogP contribution in [0.4, 0.5) is 0 Å². The van der Waals surface area contributed by atoms with Crippen molar-refractivity contribution in [3.63, 3.8) is 0 Å². The Morgan fingerprint density at radius 1 is 1.60 bits per heavy atom. The Balaban J connectivity index is 2.45. The van der Waals surface area contributed by atoms with E-state index in [-0.39, 0.29) is 0 Å². The molecular formula is C10H12ClN3S. The van der Waals surface area contributed by atoms with Gasteiger partial charge in [-0.25, -0.2) is 4.98 Å². The zero-order chi connectivity index (χ0) is 10.8. The molecule has 2 N–H and O–H groups in total. The van der Waals surface area contributed by atoms with Gasteiger partial charge in [-0.1, -0.05) is 17.7 Å². The minimum atomic E-state index is 0.570. The molecule has 0 aliphatic carbocycles. The van der Waals surface area contributed by atoms with Crippen molar-refractivity contribution in [3.8, 4) is 10.7 Å². The van der Waals surface area contributed by atoms with Crippen LogP contribution in [0.25, 0.3) is 10.7 Å². The molecule has 0 fully saturated rings. The van der Waals surface area contributed by atoms with Gasteiger partial charge in [0.05, 0.1) is 10.6 Å². The molecule has 0 unspecified atom stereocenters. The van der Waals surface area contributed by atoms with E-state index in [0.717, 1.165) is 22.8 Å². The maximum atomic E-state index is 6.16. The van der Waals surface area contributed by atoms with Crippen LogP contribution in [-0.4, -0.2) is 16.1 Å². The van der Waals surface area contributed by atoms with Gasteiger partial charge in [0.2, 0.25) is 0 Å². The molecule has 2 aromatic rings. The van der Waals surface area contributed by atoms with E-state index in [1.165, 1.54) is 0 Å². The van der Waals surface area contributed by atoms with E-state index in [4.69, 9.17) is 17.3 Å². The summed E-state index contributed by atoms with van der Waals surface area (Å²) in [5.41, 5.74) is 6.38. The first kappa shape index (κ1) is 10.7. The molecule has 0 spiro atoms. The van der Waals surface area contributed by atoms with Crippen molar-refractivity contribution in [2.24, 2.45) is 12.8 Å². The van der Waals surface area contributed by atoms with Crippen LogP contribution in [0.5, 0.6) is 0 Å². The summed E-state index contributed by atoms with van der Waals surface area (Å²) in [4.78, 5) is 5.63. The van der Waals surface area contributed by atoms with Crippen LogP contribution >= 0.6 is 22.9 Å². The van der Waals surface area contributed by atoms with Gasteiger partial charge in [-0.15, -0.1) is 11.3 Å². The molecule has 2 rings (SSSR count). The average Bonchev–Trinajstić information content (AvgIpc) is 2.82. The summed E-state index contributed by atoms with van der Waals surface area (Å²) in [6.45, 7) is 0.570. The fraction of sp³-hybridized carbons (Fsp3) is 0.300. The van der Waals surface area contributed by atoms with Gasteiger partial charge in [-0.3, -0.25) is 0 Å². The number of nitrogens with zero attached hydrogens (tertiary/aromatic N) is 2. The number of rotatable bonds is 3. The van der Waals surface area contributed by atoms with E-state index in [1.54, 1.807) is 11.3 Å². The molecular weight excluding hydrogens is 230 g/mol. The number of thiophene rings is 1. The molecule has 80 valence electrons. The molecule has 3 nitrogen and oxygen atoms in total. The third-order valence-electron chi connectivity index (χ3n) is 2.21. The molecule has 5 heteroatoms. The number of nitrogens with two attached hydrogens (primary N) is 1. The molecule has 15 heavy (non-hydrogen) atoms. The molecule has 0 aliphatic heterocycles. The summed E-state index contributed by atoms with van der Waals surface area (Å²) in [7, 11) is 1.92. The maximum Gasteiger partial charge on any atom is 0.151 e. The van der Waals surface area contributed by atoms with Gasteiger partial charge in [0.15, 0.2) is 5.82 Å². The standard InChI is InChI=1S/C10H12ClN3S/c1-14-9(11)7(4-5-12)13-10(14)8-3-2-6-15-8/h2-3,6H,4-5,12H2,1H3. The minimum absolute atomic E-state index is 0.570. The Kier molecular flexibility index (Phi) is 3.09. The zero-order valence-corrected chi connectivity index (χ0v) is 9.98. The van der Waals surface area contributed by atoms with Crippen LogP contribution in [0.2, 0.25) is 5.15 Å². The second-order valence-electron chi connectivity index (χ2n) is 3.25. The van der Waals surface area contributed by atoms with E-state index < -0.39 is 0 Å². The Labute approximate surface area is 97.5 Å². The van der Waals surface area contributed by atoms with Gasteiger partial charge in [0, 0.05) is 13.5 Å². The van der Waals surface area contributed by atoms with Crippen molar-refractivity contribution in [3.05, 3.63) is 28.4 Å². The average molecular weight is 242 g/mol. The normalized spacial score (nSPS) is 10.9. The predicted octanol–water partition coefficient (Wildman–Crippen LogP) is 2.30. The maximum absolute atomic E-state index is 6.16. The number of hydrogen-bond donors (Lipinski definition) is 1. The van der Waals surface area contributed by atoms with Crippen molar-refractivity contribution in [1.29, 1.82) is 0 Å². The van der Waals surface area contributed by atoms with Crippen molar-refractivity contribution in [1.82, 2.24) is 9.55 Å². The van der Waals surface area contributed by atoms with Crippen molar-refractivity contribution in [2.45, 2.75) is 6.42 Å². The fourth-order valence-corrected chi connectivity index (χ4v) is 2.42. The van der Waals surface area contributed by atoms with E-state index in [9.17, 15) is 0 Å². The molecule has 2 heterocycles. The van der Waals surface area contributed by atoms with Crippen LogP contribution in [0.3, 0.4) is 0 Å². The second-order valence-corrected chi connectivity index (χ2v) is 4.55. The predicted molar refractivity (Wildman–Crippen MR) is 64.3 cm³/mol. The lowest BCUT2D eigenvalue weighted by Gasteiger charge is -1.98. The molecule has 0 aliphatic rings. The topological polar surface area (TPSA) is 43.8 Å². The molecule has 0 aromatic carbocycles. The van der Waals surface area contributed by atoms with E-state index >= 15 is 0 Å². The third kappa shape index (κ3) is 1.93. The Hall–Kier alpha value is -0.840. The van der Waals surface area contributed by atoms with Gasteiger partial charge in [-0.05, 0) is 18.0 Å². The number of imidazole rings is 1. The molecule has 0 radical (unpaired) electrons. The van der Waals surface area contributed by atoms with Crippen LogP contribution < -0.4 is 5.73 Å². The molecule has 0 saturated carbocycles. The highest BCUT2D eigenvalue weighted by Gasteiger charge is 2.13. The van der Waals surface area contributed by atoms with Crippen LogP contribution in [0.1, 0.15) is 5.69 Å². The Morgan fingerprint density at radius 2 is 2.40 bits per heavy atom. The molecule has 0 amide bonds. The SMILES string of the molecule is Cn1c(-c2cccs2)nc(CCN)c1Cl. The largest absolute Gasteiger partial charge is 0.330 e. The van der Waals surface area contributed by atoms with Crippen LogP contribution in [0, 0.1) is 0 Å². The summed E-state index contributed by atoms with van der Waals surface area (Å²) < 4.78 is 1.90. The first-order valence-corrected chi connectivity index (χ1v) is 5.95. The molecule has 0 saturated heterocycles. The summed E-state index contributed by atoms with van der Waals surface area (Å²) in [6, 6.07) is 4.04. The summed E-state index contributed by atoms with van der Waals surface area (Å²) in [6.07, 6.45) is 0.720. The lowest BCUT2D eigenvalue weighted by atomic mass is 10.3. The van der Waals surface area contributed by atoms with Gasteiger partial charge in [0.25, 0.3) is 0 Å². The summed E-state index contributed by atoms with van der Waals surface area (Å²) in [5, 5.41) is 2.71. The van der Waals surface area contributed by atoms with Gasteiger partial charge in [-0.2, -0.15) is 0 Å². The molecule has 2 aromatic heterocycles. The zero-order valence-electron chi connectivity index (χ0n) is 8.40. The lowest BCUT2D eigenvalue weighted by molar-refractivity contribution is 0.915. The minimum Gasteiger partial charge on any atom is -0.330 e. The first-order chi connectivity index (χ1) is 7.24. The lowest BCUT2D eigenvalue weighted by Crippen LogP contribution is -2.03. The third-order valence-corrected chi connectivity index (χ3v) is 3.55. The highest BCUT2D eigenvalue weighted by Crippen LogP contribution is 2.27. The number of halogens is 1. The van der Waals surface area contributed by atoms with Crippen molar-refractivity contribution < 1.29 is 0 Å². The van der Waals surface area contributed by atoms with Crippen LogP contribution in [0.15, 0.2) is 17.5 Å². The highest BCUT2D eigenvalue weighted by molar-refractivity contribution is 7.13. The number of hydrogen-bond acceptors (Lipinski definition) is 3. The van der Waals surface area contributed by atoms with Crippen molar-refractivity contribution >= 4 is 22.9 Å². The number of aromatic nitrogens is 2. The van der Waals surface area contributed by atoms with Crippen LogP contribution in [-0.2, 0) is 13.5 Å². The monoisotopic (exact) mass is 241 g/mol. The fourth-order valence-electron chi connectivity index (χ4n) is 1.46. The van der Waals surface area contributed by atoms with Crippen molar-refractivity contribution in [2.75, 3.05) is 6.54 Å². The first-order valence-electron chi connectivity index (χ1n) is 4.69. The summed E-state index contributed by atoms with van der Waals surface area (Å²) >= 11 is 7.82. The Morgan fingerprint density at radius 3 is 3.00 bits per heavy atom. The highest BCUT2D eigenvalue weighted by atomic mass is 35.5. The quantitative estimate of drug-likeness (QED) is 0.896. The van der Waals surface area contributed by atoms with E-state index in [2.05, 4.69) is 4.98 Å². The Bertz CT molecular complexity index is 447. The smallest absolute Gasteiger partial charge is 0.151 e. The van der Waals surface area contributed by atoms with Gasteiger partial charge >= 0.3 is 0 Å².